The van der Waals surface area contributed by atoms with Crippen LogP contribution < -0.4 is 0 Å². The maximum atomic E-state index is 11.7. The lowest BCUT2D eigenvalue weighted by Crippen LogP contribution is -2.22. The van der Waals surface area contributed by atoms with Crippen molar-refractivity contribution >= 4 is 5.78 Å². The summed E-state index contributed by atoms with van der Waals surface area (Å²) in [6.45, 7) is 4.34. The van der Waals surface area contributed by atoms with E-state index in [1.807, 2.05) is 0 Å². The maximum Gasteiger partial charge on any atom is 0.135 e. The van der Waals surface area contributed by atoms with Crippen molar-refractivity contribution in [2.24, 2.45) is 11.8 Å². The Kier molecular flexibility index (Phi) is 4.47. The second-order valence-corrected chi connectivity index (χ2v) is 4.35. The van der Waals surface area contributed by atoms with Crippen LogP contribution in [0.4, 0.5) is 0 Å². The lowest BCUT2D eigenvalue weighted by Gasteiger charge is -2.27. The van der Waals surface area contributed by atoms with E-state index in [1.165, 1.54) is 25.7 Å². The van der Waals surface area contributed by atoms with Crippen LogP contribution in [0.2, 0.25) is 0 Å². The minimum atomic E-state index is 0.415. The first-order valence-electron chi connectivity index (χ1n) is 5.80. The lowest BCUT2D eigenvalue weighted by molar-refractivity contribution is -0.124. The minimum absolute atomic E-state index is 0.415. The van der Waals surface area contributed by atoms with Crippen LogP contribution in [0.3, 0.4) is 0 Å². The van der Waals surface area contributed by atoms with Crippen LogP contribution in [0, 0.1) is 11.8 Å². The highest BCUT2D eigenvalue weighted by Gasteiger charge is 2.25. The van der Waals surface area contributed by atoms with Crippen LogP contribution >= 0.6 is 0 Å². The highest BCUT2D eigenvalue weighted by atomic mass is 16.1. The van der Waals surface area contributed by atoms with Crippen molar-refractivity contribution < 1.29 is 4.79 Å². The van der Waals surface area contributed by atoms with Gasteiger partial charge in [0, 0.05) is 12.3 Å². The molecule has 76 valence electrons. The monoisotopic (exact) mass is 182 g/mol. The molecule has 0 spiro atoms. The fourth-order valence-electron chi connectivity index (χ4n) is 2.40. The topological polar surface area (TPSA) is 17.1 Å². The predicted octanol–water partition coefficient (Wildman–Crippen LogP) is 3.57. The molecular weight excluding hydrogens is 160 g/mol. The van der Waals surface area contributed by atoms with Crippen LogP contribution in [-0.2, 0) is 4.79 Å². The van der Waals surface area contributed by atoms with Gasteiger partial charge in [0.15, 0.2) is 0 Å². The molecule has 1 saturated carbocycles. The van der Waals surface area contributed by atoms with E-state index in [0.29, 0.717) is 11.7 Å². The zero-order valence-corrected chi connectivity index (χ0v) is 9.01. The number of carbonyl (C=O) groups excluding carboxylic acids is 1. The quantitative estimate of drug-likeness (QED) is 0.649. The van der Waals surface area contributed by atoms with Gasteiger partial charge in [0.25, 0.3) is 0 Å². The average molecular weight is 182 g/mol. The molecule has 0 aromatic carbocycles. The third kappa shape index (κ3) is 3.13. The highest BCUT2D eigenvalue weighted by Crippen LogP contribution is 2.32. The molecule has 1 rings (SSSR count). The van der Waals surface area contributed by atoms with Gasteiger partial charge in [0.2, 0.25) is 0 Å². The second-order valence-electron chi connectivity index (χ2n) is 4.35. The Balaban J connectivity index is 2.37. The van der Waals surface area contributed by atoms with E-state index < -0.39 is 0 Å². The third-order valence-electron chi connectivity index (χ3n) is 3.31. The fourth-order valence-corrected chi connectivity index (χ4v) is 2.40. The van der Waals surface area contributed by atoms with E-state index in [1.54, 1.807) is 0 Å². The molecule has 1 nitrogen and oxygen atoms in total. The van der Waals surface area contributed by atoms with Gasteiger partial charge in [-0.15, -0.1) is 0 Å². The second kappa shape index (κ2) is 5.41. The fraction of sp³-hybridized carbons (Fsp3) is 0.917. The number of rotatable bonds is 4. The van der Waals surface area contributed by atoms with Crippen molar-refractivity contribution in [1.29, 1.82) is 0 Å². The largest absolute Gasteiger partial charge is 0.299 e. The zero-order chi connectivity index (χ0) is 9.68. The SMILES string of the molecule is CCCC(=O)C1CCCC(CC)C1. The van der Waals surface area contributed by atoms with Crippen molar-refractivity contribution in [2.45, 2.75) is 58.8 Å². The summed E-state index contributed by atoms with van der Waals surface area (Å²) in [5.74, 6) is 1.78. The lowest BCUT2D eigenvalue weighted by atomic mass is 9.77. The molecule has 1 heteroatoms. The molecule has 0 heterocycles. The molecule has 0 saturated heterocycles. The Morgan fingerprint density at radius 3 is 2.69 bits per heavy atom. The van der Waals surface area contributed by atoms with Gasteiger partial charge in [-0.2, -0.15) is 0 Å². The summed E-state index contributed by atoms with van der Waals surface area (Å²) >= 11 is 0. The van der Waals surface area contributed by atoms with Crippen LogP contribution in [0.5, 0.6) is 0 Å². The van der Waals surface area contributed by atoms with E-state index in [2.05, 4.69) is 13.8 Å². The predicted molar refractivity (Wildman–Crippen MR) is 55.7 cm³/mol. The Hall–Kier alpha value is -0.330. The van der Waals surface area contributed by atoms with Crippen molar-refractivity contribution in [3.63, 3.8) is 0 Å². The summed E-state index contributed by atoms with van der Waals surface area (Å²) in [6.07, 6.45) is 8.05. The van der Waals surface area contributed by atoms with Gasteiger partial charge in [-0.3, -0.25) is 4.79 Å². The molecule has 13 heavy (non-hydrogen) atoms. The Morgan fingerprint density at radius 2 is 2.08 bits per heavy atom. The van der Waals surface area contributed by atoms with Crippen molar-refractivity contribution in [2.75, 3.05) is 0 Å². The molecule has 2 unspecified atom stereocenters. The van der Waals surface area contributed by atoms with Gasteiger partial charge in [0.05, 0.1) is 0 Å². The van der Waals surface area contributed by atoms with Crippen molar-refractivity contribution in [3.05, 3.63) is 0 Å². The summed E-state index contributed by atoms with van der Waals surface area (Å²) in [7, 11) is 0. The first-order valence-corrected chi connectivity index (χ1v) is 5.80. The molecule has 1 fully saturated rings. The zero-order valence-electron chi connectivity index (χ0n) is 9.01. The number of hydrogen-bond donors (Lipinski definition) is 0. The van der Waals surface area contributed by atoms with Gasteiger partial charge in [0.1, 0.15) is 5.78 Å². The maximum absolute atomic E-state index is 11.7. The molecular formula is C12H22O. The summed E-state index contributed by atoms with van der Waals surface area (Å²) in [4.78, 5) is 11.7. The van der Waals surface area contributed by atoms with Crippen LogP contribution in [0.1, 0.15) is 58.8 Å². The molecule has 1 aliphatic carbocycles. The Morgan fingerprint density at radius 1 is 1.31 bits per heavy atom. The van der Waals surface area contributed by atoms with E-state index in [0.717, 1.165) is 25.2 Å². The molecule has 0 aromatic heterocycles. The van der Waals surface area contributed by atoms with Crippen molar-refractivity contribution in [3.8, 4) is 0 Å². The third-order valence-corrected chi connectivity index (χ3v) is 3.31. The van der Waals surface area contributed by atoms with Crippen LogP contribution in [0.25, 0.3) is 0 Å². The summed E-state index contributed by atoms with van der Waals surface area (Å²) in [5, 5.41) is 0. The normalized spacial score (nSPS) is 28.8. The number of carbonyl (C=O) groups is 1. The standard InChI is InChI=1S/C12H22O/c1-3-6-12(13)11-8-5-7-10(4-2)9-11/h10-11H,3-9H2,1-2H3. The van der Waals surface area contributed by atoms with Gasteiger partial charge >= 0.3 is 0 Å². The summed E-state index contributed by atoms with van der Waals surface area (Å²) in [5.41, 5.74) is 0. The van der Waals surface area contributed by atoms with E-state index in [4.69, 9.17) is 0 Å². The first kappa shape index (κ1) is 10.7. The average Bonchev–Trinajstić information content (AvgIpc) is 2.18. The van der Waals surface area contributed by atoms with Gasteiger partial charge in [-0.05, 0) is 25.2 Å². The van der Waals surface area contributed by atoms with Crippen LogP contribution in [0.15, 0.2) is 0 Å². The number of ketones is 1. The first-order chi connectivity index (χ1) is 6.27. The van der Waals surface area contributed by atoms with Gasteiger partial charge in [-0.1, -0.05) is 33.1 Å². The Bertz CT molecular complexity index is 163. The molecule has 1 aliphatic rings. The molecule has 0 radical (unpaired) electrons. The minimum Gasteiger partial charge on any atom is -0.299 e. The molecule has 0 aliphatic heterocycles. The smallest absolute Gasteiger partial charge is 0.135 e. The van der Waals surface area contributed by atoms with Gasteiger partial charge in [-0.25, -0.2) is 0 Å². The molecule has 0 aromatic rings. The van der Waals surface area contributed by atoms with E-state index >= 15 is 0 Å². The van der Waals surface area contributed by atoms with Gasteiger partial charge < -0.3 is 0 Å². The number of hydrogen-bond acceptors (Lipinski definition) is 1. The molecule has 0 N–H and O–H groups in total. The van der Waals surface area contributed by atoms with E-state index in [9.17, 15) is 4.79 Å². The van der Waals surface area contributed by atoms with E-state index in [-0.39, 0.29) is 0 Å². The summed E-state index contributed by atoms with van der Waals surface area (Å²) in [6, 6.07) is 0. The molecule has 0 bridgehead atoms. The molecule has 0 amide bonds. The van der Waals surface area contributed by atoms with Crippen LogP contribution in [-0.4, -0.2) is 5.78 Å². The highest BCUT2D eigenvalue weighted by molar-refractivity contribution is 5.80. The molecule has 2 atom stereocenters. The summed E-state index contributed by atoms with van der Waals surface area (Å²) < 4.78 is 0. The Labute approximate surface area is 81.9 Å². The van der Waals surface area contributed by atoms with Crippen molar-refractivity contribution in [1.82, 2.24) is 0 Å². The number of Topliss-reactive ketones (excluding diaryl/α,β-unsaturated/α-hetero) is 1.